The highest BCUT2D eigenvalue weighted by molar-refractivity contribution is 7.94. The van der Waals surface area contributed by atoms with Gasteiger partial charge in [0.05, 0.1) is 0 Å². The fraction of sp³-hybridized carbons (Fsp3) is 0.321. The maximum Gasteiger partial charge on any atom is -0.0161 e. The third-order valence-electron chi connectivity index (χ3n) is 5.71. The van der Waals surface area contributed by atoms with E-state index >= 15 is 0 Å². The second-order valence-electron chi connectivity index (χ2n) is 8.66. The van der Waals surface area contributed by atoms with E-state index in [0.29, 0.717) is 0 Å². The Morgan fingerprint density at radius 3 is 1.41 bits per heavy atom. The topological polar surface area (TPSA) is 0 Å². The smallest absolute Gasteiger partial charge is 0.0161 e. The number of hydrogen-bond acceptors (Lipinski definition) is 0. The zero-order chi connectivity index (χ0) is 20.6. The van der Waals surface area contributed by atoms with Gasteiger partial charge in [0.1, 0.15) is 0 Å². The van der Waals surface area contributed by atoms with Crippen molar-refractivity contribution >= 4 is 28.6 Å². The van der Waals surface area contributed by atoms with Crippen LogP contribution in [0.3, 0.4) is 0 Å². The summed E-state index contributed by atoms with van der Waals surface area (Å²) in [5, 5.41) is 4.33. The number of hydrogen-bond donors (Lipinski definition) is 0. The van der Waals surface area contributed by atoms with Crippen molar-refractivity contribution in [1.82, 2.24) is 0 Å². The molecule has 0 nitrogen and oxygen atoms in total. The molecule has 0 aliphatic rings. The minimum Gasteiger partial charge on any atom is -0.0686 e. The first-order valence-corrected chi connectivity index (χ1v) is 12.9. The Morgan fingerprint density at radius 2 is 1.03 bits per heavy atom. The van der Waals surface area contributed by atoms with E-state index in [0.717, 1.165) is 0 Å². The summed E-state index contributed by atoms with van der Waals surface area (Å²) in [5.74, 6) is 2.73. The fourth-order valence-corrected chi connectivity index (χ4v) is 8.70. The van der Waals surface area contributed by atoms with Crippen LogP contribution in [0.5, 0.6) is 0 Å². The lowest BCUT2D eigenvalue weighted by Gasteiger charge is -2.34. The molecule has 0 N–H and O–H groups in total. The summed E-state index contributed by atoms with van der Waals surface area (Å²) in [6.45, 7) is 5.30. The Morgan fingerprint density at radius 1 is 0.621 bits per heavy atom. The average molecular weight is 403 g/mol. The molecule has 0 spiro atoms. The first-order chi connectivity index (χ1) is 14.1. The molecule has 0 saturated heterocycles. The molecule has 1 heteroatoms. The van der Waals surface area contributed by atoms with Crippen molar-refractivity contribution in [3.63, 3.8) is 0 Å². The van der Waals surface area contributed by atoms with Crippen LogP contribution in [0, 0.1) is 5.41 Å². The zero-order valence-electron chi connectivity index (χ0n) is 18.2. The molecule has 0 saturated carbocycles. The molecular weight excluding hydrogens is 367 g/mol. The number of benzene rings is 3. The Labute approximate surface area is 178 Å². The first-order valence-electron chi connectivity index (χ1n) is 11.0. The number of unbranched alkanes of at least 4 members (excludes halogenated alkanes) is 3. The van der Waals surface area contributed by atoms with Crippen molar-refractivity contribution in [3.8, 4) is 0 Å². The monoisotopic (exact) mass is 402 g/mol. The molecule has 0 aliphatic carbocycles. The van der Waals surface area contributed by atoms with Crippen LogP contribution >= 0.6 is 6.89 Å². The maximum absolute atomic E-state index is 2.73. The molecule has 3 aromatic carbocycles. The Balaban J connectivity index is 2.23. The van der Waals surface area contributed by atoms with Crippen molar-refractivity contribution < 1.29 is 0 Å². The molecule has 152 valence electrons. The molecule has 3 aromatic rings. The first kappa shape index (κ1) is 21.7. The molecule has 0 heterocycles. The SMILES string of the molecule is CCCCCCC(C)(C)C=P(c1ccccc1)(c1ccccc1)c1ccccc1. The van der Waals surface area contributed by atoms with Gasteiger partial charge in [0.15, 0.2) is 0 Å². The summed E-state index contributed by atoms with van der Waals surface area (Å²) < 4.78 is 0. The normalized spacial score (nSPS) is 12.0. The predicted molar refractivity (Wildman–Crippen MR) is 134 cm³/mol. The van der Waals surface area contributed by atoms with Crippen LogP contribution in [0.2, 0.25) is 0 Å². The lowest BCUT2D eigenvalue weighted by atomic mass is 9.89. The quantitative estimate of drug-likeness (QED) is 0.273. The van der Waals surface area contributed by atoms with Crippen LogP contribution in [0.25, 0.3) is 0 Å². The van der Waals surface area contributed by atoms with Crippen molar-refractivity contribution in [3.05, 3.63) is 91.0 Å². The molecule has 0 atom stereocenters. The predicted octanol–water partition coefficient (Wildman–Crippen LogP) is 6.78. The summed E-state index contributed by atoms with van der Waals surface area (Å²) >= 11 is 0. The van der Waals surface area contributed by atoms with Crippen molar-refractivity contribution in [1.29, 1.82) is 0 Å². The minimum atomic E-state index is -1.86. The third-order valence-corrected chi connectivity index (χ3v) is 10.1. The molecule has 0 fully saturated rings. The molecular formula is C28H35P. The summed E-state index contributed by atoms with van der Waals surface area (Å²) in [4.78, 5) is 0. The highest BCUT2D eigenvalue weighted by Gasteiger charge is 2.29. The Kier molecular flexibility index (Phi) is 7.57. The molecule has 0 aliphatic heterocycles. The highest BCUT2D eigenvalue weighted by atomic mass is 31.2. The van der Waals surface area contributed by atoms with Crippen LogP contribution in [-0.2, 0) is 0 Å². The zero-order valence-corrected chi connectivity index (χ0v) is 19.1. The van der Waals surface area contributed by atoms with Gasteiger partial charge in [-0.1, -0.05) is 143 Å². The standard InChI is InChI=1S/C28H35P/c1-4-5-6-16-23-28(2,3)24-29(25-17-10-7-11-18-25,26-19-12-8-13-20-26)27-21-14-9-15-22-27/h7-15,17-22,24H,4-6,16,23H2,1-3H3. The van der Waals surface area contributed by atoms with E-state index in [2.05, 4.69) is 118 Å². The minimum absolute atomic E-state index is 0.170. The van der Waals surface area contributed by atoms with Crippen LogP contribution in [0.15, 0.2) is 91.0 Å². The Hall–Kier alpha value is -2.04. The van der Waals surface area contributed by atoms with Crippen LogP contribution in [0.1, 0.15) is 52.9 Å². The molecule has 0 radical (unpaired) electrons. The van der Waals surface area contributed by atoms with E-state index < -0.39 is 6.89 Å². The highest BCUT2D eigenvalue weighted by Crippen LogP contribution is 2.47. The van der Waals surface area contributed by atoms with Crippen LogP contribution < -0.4 is 15.9 Å². The summed E-state index contributed by atoms with van der Waals surface area (Å²) in [5.41, 5.74) is 0.170. The van der Waals surface area contributed by atoms with Gasteiger partial charge in [0.2, 0.25) is 0 Å². The summed E-state index contributed by atoms with van der Waals surface area (Å²) in [7, 11) is 0. The fourth-order valence-electron chi connectivity index (χ4n) is 4.26. The summed E-state index contributed by atoms with van der Waals surface area (Å²) in [6.07, 6.45) is 6.50. The van der Waals surface area contributed by atoms with Gasteiger partial charge >= 0.3 is 0 Å². The van der Waals surface area contributed by atoms with Crippen molar-refractivity contribution in [2.45, 2.75) is 52.9 Å². The van der Waals surface area contributed by atoms with E-state index in [4.69, 9.17) is 0 Å². The van der Waals surface area contributed by atoms with Gasteiger partial charge in [0, 0.05) is 0 Å². The lowest BCUT2D eigenvalue weighted by Crippen LogP contribution is -2.30. The van der Waals surface area contributed by atoms with Crippen LogP contribution in [0.4, 0.5) is 0 Å². The molecule has 3 rings (SSSR count). The van der Waals surface area contributed by atoms with Gasteiger partial charge in [-0.3, -0.25) is 0 Å². The molecule has 0 amide bonds. The maximum atomic E-state index is 2.73. The number of rotatable bonds is 9. The Bertz CT molecular complexity index is 805. The second kappa shape index (κ2) is 10.1. The largest absolute Gasteiger partial charge is 0.0686 e. The van der Waals surface area contributed by atoms with Crippen molar-refractivity contribution in [2.24, 2.45) is 5.41 Å². The van der Waals surface area contributed by atoms with Crippen LogP contribution in [-0.4, -0.2) is 5.80 Å². The van der Waals surface area contributed by atoms with E-state index in [1.807, 2.05) is 0 Å². The summed E-state index contributed by atoms with van der Waals surface area (Å²) in [6, 6.07) is 33.5. The van der Waals surface area contributed by atoms with E-state index in [1.54, 1.807) is 0 Å². The van der Waals surface area contributed by atoms with E-state index in [-0.39, 0.29) is 5.41 Å². The molecule has 0 aromatic heterocycles. The van der Waals surface area contributed by atoms with E-state index in [9.17, 15) is 0 Å². The van der Waals surface area contributed by atoms with Gasteiger partial charge in [-0.25, -0.2) is 0 Å². The second-order valence-corrected chi connectivity index (χ2v) is 11.9. The van der Waals surface area contributed by atoms with Crippen molar-refractivity contribution in [2.75, 3.05) is 0 Å². The van der Waals surface area contributed by atoms with Gasteiger partial charge < -0.3 is 0 Å². The van der Waals surface area contributed by atoms with Gasteiger partial charge in [-0.15, -0.1) is 0 Å². The third kappa shape index (κ3) is 5.31. The molecule has 0 bridgehead atoms. The van der Waals surface area contributed by atoms with Gasteiger partial charge in [0.25, 0.3) is 0 Å². The van der Waals surface area contributed by atoms with Gasteiger partial charge in [-0.05, 0) is 34.6 Å². The van der Waals surface area contributed by atoms with E-state index in [1.165, 1.54) is 48.0 Å². The lowest BCUT2D eigenvalue weighted by molar-refractivity contribution is 0.455. The van der Waals surface area contributed by atoms with Gasteiger partial charge in [-0.2, -0.15) is 0 Å². The average Bonchev–Trinajstić information content (AvgIpc) is 2.77. The molecule has 29 heavy (non-hydrogen) atoms. The molecule has 0 unspecified atom stereocenters.